The van der Waals surface area contributed by atoms with Crippen LogP contribution in [0.4, 0.5) is 54.0 Å². The topological polar surface area (TPSA) is 65.5 Å². The highest BCUT2D eigenvalue weighted by molar-refractivity contribution is 14.1. The fourth-order valence-electron chi connectivity index (χ4n) is 3.30. The first-order valence-corrected chi connectivity index (χ1v) is 10.8. The van der Waals surface area contributed by atoms with Gasteiger partial charge in [0.15, 0.2) is 5.75 Å². The summed E-state index contributed by atoms with van der Waals surface area (Å²) in [5.41, 5.74) is -10.3. The summed E-state index contributed by atoms with van der Waals surface area (Å²) in [6.07, 6.45) is -12.6. The number of aromatic nitrogens is 1. The van der Waals surface area contributed by atoms with E-state index in [0.717, 1.165) is 34.7 Å². The lowest BCUT2D eigenvalue weighted by molar-refractivity contribution is -0.389. The molecule has 2 aromatic carbocycles. The van der Waals surface area contributed by atoms with E-state index in [1.54, 1.807) is 0 Å². The van der Waals surface area contributed by atoms with Gasteiger partial charge in [0.2, 0.25) is 5.91 Å². The number of carbonyl (C=O) groups is 1. The van der Waals surface area contributed by atoms with E-state index in [1.807, 2.05) is 0 Å². The third-order valence-corrected chi connectivity index (χ3v) is 5.88. The molecule has 0 saturated carbocycles. The minimum absolute atomic E-state index is 0.260. The maximum atomic E-state index is 14.9. The number of halogens is 12. The molecular formula is C21H9F11IN2O3-. The van der Waals surface area contributed by atoms with Crippen LogP contribution in [0.2, 0.25) is 0 Å². The maximum Gasteiger partial charge on any atom is 0.457 e. The van der Waals surface area contributed by atoms with Crippen molar-refractivity contribution in [1.82, 2.24) is 4.98 Å². The summed E-state index contributed by atoms with van der Waals surface area (Å²) in [5.74, 6) is -10.4. The van der Waals surface area contributed by atoms with E-state index in [0.29, 0.717) is 10.9 Å². The second-order valence-corrected chi connectivity index (χ2v) is 8.58. The van der Waals surface area contributed by atoms with E-state index >= 15 is 0 Å². The van der Waals surface area contributed by atoms with Crippen molar-refractivity contribution in [3.05, 3.63) is 68.6 Å². The number of pyridine rings is 1. The lowest BCUT2D eigenvalue weighted by atomic mass is 9.87. The zero-order valence-electron chi connectivity index (χ0n) is 17.9. The highest BCUT2D eigenvalue weighted by Crippen LogP contribution is 2.59. The van der Waals surface area contributed by atoms with Crippen molar-refractivity contribution in [3.63, 3.8) is 0 Å². The summed E-state index contributed by atoms with van der Waals surface area (Å²) >= 11 is 0.869. The molecule has 206 valence electrons. The van der Waals surface area contributed by atoms with Crippen LogP contribution in [0.5, 0.6) is 5.75 Å². The van der Waals surface area contributed by atoms with Crippen LogP contribution in [0.25, 0.3) is 10.9 Å². The average molecular weight is 673 g/mol. The summed E-state index contributed by atoms with van der Waals surface area (Å²) in [4.78, 5) is 16.7. The molecule has 0 aliphatic rings. The molecule has 3 aromatic rings. The number of rotatable bonds is 6. The first-order valence-electron chi connectivity index (χ1n) is 9.68. The summed E-state index contributed by atoms with van der Waals surface area (Å²) in [5, 5.41) is 12.4. The third kappa shape index (κ3) is 5.04. The van der Waals surface area contributed by atoms with Gasteiger partial charge in [-0.05, 0) is 59.0 Å². The fraction of sp³-hybridized carbons (Fsp3) is 0.238. The van der Waals surface area contributed by atoms with Crippen molar-refractivity contribution in [1.29, 1.82) is 0 Å². The molecule has 0 fully saturated rings. The van der Waals surface area contributed by atoms with Crippen LogP contribution in [-0.2, 0) is 5.67 Å². The smallest absolute Gasteiger partial charge is 0.457 e. The van der Waals surface area contributed by atoms with Crippen molar-refractivity contribution in [2.75, 3.05) is 5.06 Å². The minimum Gasteiger partial charge on any atom is -0.751 e. The van der Waals surface area contributed by atoms with Crippen molar-refractivity contribution < 1.29 is 57.8 Å². The molecular weight excluding hydrogens is 664 g/mol. The molecule has 1 atom stereocenters. The largest absolute Gasteiger partial charge is 0.751 e. The molecule has 38 heavy (non-hydrogen) atoms. The van der Waals surface area contributed by atoms with Gasteiger partial charge in [-0.2, -0.15) is 43.9 Å². The van der Waals surface area contributed by atoms with E-state index in [1.165, 1.54) is 24.4 Å². The molecule has 0 bridgehead atoms. The van der Waals surface area contributed by atoms with Gasteiger partial charge < -0.3 is 15.0 Å². The lowest BCUT2D eigenvalue weighted by Crippen LogP contribution is -2.59. The van der Waals surface area contributed by atoms with Crippen molar-refractivity contribution in [2.45, 2.75) is 30.6 Å². The molecule has 1 aromatic heterocycles. The third-order valence-electron chi connectivity index (χ3n) is 5.06. The molecule has 3 rings (SSSR count). The fourth-order valence-corrected chi connectivity index (χ4v) is 4.12. The van der Waals surface area contributed by atoms with Crippen molar-refractivity contribution in [3.8, 4) is 5.75 Å². The molecule has 0 N–H and O–H groups in total. The van der Waals surface area contributed by atoms with Crippen LogP contribution in [0.15, 0.2) is 48.7 Å². The van der Waals surface area contributed by atoms with Crippen LogP contribution in [0.3, 0.4) is 0 Å². The van der Waals surface area contributed by atoms with Crippen LogP contribution in [-0.4, -0.2) is 35.8 Å². The van der Waals surface area contributed by atoms with Gasteiger partial charge in [0, 0.05) is 26.3 Å². The minimum atomic E-state index is -7.11. The predicted octanol–water partition coefficient (Wildman–Crippen LogP) is 7.51. The van der Waals surface area contributed by atoms with Crippen molar-refractivity contribution >= 4 is 45.1 Å². The SMILES string of the molecule is O=C(c1ccc2ncccc2c1)N([O-])c1c(I)cc(C(F)(C(F)(F)F)C(F)(F)C(F)(F)F)cc1OC(F)F. The number of ether oxygens (including phenoxy) is 1. The number of hydrogen-bond donors (Lipinski definition) is 0. The Kier molecular flexibility index (Phi) is 7.77. The highest BCUT2D eigenvalue weighted by Gasteiger charge is 2.81. The summed E-state index contributed by atoms with van der Waals surface area (Å²) in [6, 6.07) is 5.58. The van der Waals surface area contributed by atoms with Gasteiger partial charge >= 0.3 is 30.6 Å². The summed E-state index contributed by atoms with van der Waals surface area (Å²) in [7, 11) is 0. The molecule has 1 heterocycles. The number of nitrogens with zero attached hydrogens (tertiary/aromatic N) is 2. The van der Waals surface area contributed by atoms with E-state index in [-0.39, 0.29) is 6.07 Å². The number of alkyl halides is 11. The lowest BCUT2D eigenvalue weighted by Gasteiger charge is -2.37. The Labute approximate surface area is 217 Å². The number of amides is 1. The van der Waals surface area contributed by atoms with Crippen LogP contribution < -0.4 is 9.80 Å². The Morgan fingerprint density at radius 3 is 2.13 bits per heavy atom. The van der Waals surface area contributed by atoms with Crippen molar-refractivity contribution in [2.24, 2.45) is 0 Å². The standard InChI is InChI=1S/C21H9F11IN2O3/c22-17(23)38-14-8-11(18(24,20(27,28)29)19(25,26)21(30,31)32)7-12(33)15(14)35(37)16(36)10-3-4-13-9(6-10)2-1-5-34-13/h1-8,17H/q-1. The molecule has 0 saturated heterocycles. The summed E-state index contributed by atoms with van der Waals surface area (Å²) < 4.78 is 150. The second kappa shape index (κ2) is 9.97. The maximum absolute atomic E-state index is 14.9. The van der Waals surface area contributed by atoms with E-state index in [9.17, 15) is 58.3 Å². The number of hydroxylamine groups is 1. The molecule has 17 heteroatoms. The van der Waals surface area contributed by atoms with Gasteiger partial charge in [-0.25, -0.2) is 4.39 Å². The van der Waals surface area contributed by atoms with Gasteiger partial charge in [0.05, 0.1) is 11.2 Å². The zero-order valence-corrected chi connectivity index (χ0v) is 20.0. The monoisotopic (exact) mass is 673 g/mol. The predicted molar refractivity (Wildman–Crippen MR) is 118 cm³/mol. The molecule has 0 aliphatic carbocycles. The van der Waals surface area contributed by atoms with Gasteiger partial charge in [-0.15, -0.1) is 0 Å². The van der Waals surface area contributed by atoms with Gasteiger partial charge in [0.1, 0.15) is 0 Å². The van der Waals surface area contributed by atoms with Gasteiger partial charge in [0.25, 0.3) is 0 Å². The van der Waals surface area contributed by atoms with E-state index in [2.05, 4.69) is 9.72 Å². The molecule has 0 radical (unpaired) electrons. The Morgan fingerprint density at radius 2 is 1.58 bits per heavy atom. The van der Waals surface area contributed by atoms with Crippen LogP contribution >= 0.6 is 22.6 Å². The molecule has 1 amide bonds. The molecule has 0 aliphatic heterocycles. The number of benzene rings is 2. The van der Waals surface area contributed by atoms with E-state index < -0.39 is 73.7 Å². The Bertz CT molecular complexity index is 1360. The van der Waals surface area contributed by atoms with Gasteiger partial charge in [-0.1, -0.05) is 6.07 Å². The Morgan fingerprint density at radius 1 is 0.947 bits per heavy atom. The first kappa shape index (κ1) is 29.6. The number of anilines is 1. The van der Waals surface area contributed by atoms with E-state index in [4.69, 9.17) is 0 Å². The average Bonchev–Trinajstić information content (AvgIpc) is 2.80. The van der Waals surface area contributed by atoms with Crippen LogP contribution in [0.1, 0.15) is 15.9 Å². The Hall–Kier alpha value is -2.96. The normalized spacial score (nSPS) is 14.5. The second-order valence-electron chi connectivity index (χ2n) is 7.42. The molecule has 1 unspecified atom stereocenters. The molecule has 5 nitrogen and oxygen atoms in total. The van der Waals surface area contributed by atoms with Crippen LogP contribution in [0, 0.1) is 8.78 Å². The summed E-state index contributed by atoms with van der Waals surface area (Å²) in [6.45, 7) is -3.99. The quantitative estimate of drug-likeness (QED) is 0.155. The zero-order chi connectivity index (χ0) is 28.8. The number of fused-ring (bicyclic) bond motifs is 1. The number of hydrogen-bond acceptors (Lipinski definition) is 4. The molecule has 0 spiro atoms. The first-order chi connectivity index (χ1) is 17.3. The number of carbonyl (C=O) groups excluding carboxylic acids is 1. The highest BCUT2D eigenvalue weighted by atomic mass is 127. The Balaban J connectivity index is 2.21. The van der Waals surface area contributed by atoms with Gasteiger partial charge in [-0.3, -0.25) is 9.78 Å².